The third kappa shape index (κ3) is 3.48. The number of rotatable bonds is 3. The van der Waals surface area contributed by atoms with Gasteiger partial charge in [-0.05, 0) is 50.7 Å². The summed E-state index contributed by atoms with van der Waals surface area (Å²) in [6.45, 7) is 3.41. The summed E-state index contributed by atoms with van der Waals surface area (Å²) in [5.74, 6) is 2.08. The predicted molar refractivity (Wildman–Crippen MR) is 93.0 cm³/mol. The molecule has 1 saturated carbocycles. The molecule has 2 fully saturated rings. The maximum Gasteiger partial charge on any atom is 0.225 e. The van der Waals surface area contributed by atoms with E-state index in [1.807, 2.05) is 11.8 Å². The molecule has 1 saturated heterocycles. The van der Waals surface area contributed by atoms with Crippen LogP contribution in [0.3, 0.4) is 0 Å². The van der Waals surface area contributed by atoms with Gasteiger partial charge in [-0.1, -0.05) is 5.16 Å². The van der Waals surface area contributed by atoms with E-state index in [4.69, 9.17) is 4.52 Å². The van der Waals surface area contributed by atoms with Gasteiger partial charge in [-0.25, -0.2) is 0 Å². The second-order valence-corrected chi connectivity index (χ2v) is 7.43. The van der Waals surface area contributed by atoms with E-state index >= 15 is 0 Å². The van der Waals surface area contributed by atoms with Crippen LogP contribution in [0.2, 0.25) is 0 Å². The van der Waals surface area contributed by atoms with Crippen molar-refractivity contribution in [1.29, 1.82) is 0 Å². The Morgan fingerprint density at radius 1 is 1.16 bits per heavy atom. The van der Waals surface area contributed by atoms with Crippen molar-refractivity contribution in [2.75, 3.05) is 13.1 Å². The molecule has 0 spiro atoms. The lowest BCUT2D eigenvalue weighted by Gasteiger charge is -2.36. The van der Waals surface area contributed by atoms with Crippen molar-refractivity contribution in [2.45, 2.75) is 57.4 Å². The molecule has 6 nitrogen and oxygen atoms in total. The first-order chi connectivity index (χ1) is 12.2. The van der Waals surface area contributed by atoms with E-state index in [0.717, 1.165) is 57.4 Å². The zero-order chi connectivity index (χ0) is 17.2. The normalized spacial score (nSPS) is 27.4. The third-order valence-electron chi connectivity index (χ3n) is 5.74. The highest BCUT2D eigenvalue weighted by atomic mass is 16.5. The first-order valence-electron chi connectivity index (χ1n) is 9.42. The van der Waals surface area contributed by atoms with Gasteiger partial charge in [-0.2, -0.15) is 4.98 Å². The second-order valence-electron chi connectivity index (χ2n) is 7.43. The molecule has 2 aliphatic rings. The van der Waals surface area contributed by atoms with Crippen molar-refractivity contribution in [3.05, 3.63) is 36.2 Å². The number of piperidine rings is 1. The minimum atomic E-state index is 0.178. The van der Waals surface area contributed by atoms with Crippen LogP contribution in [0.4, 0.5) is 0 Å². The van der Waals surface area contributed by atoms with E-state index in [2.05, 4.69) is 39.2 Å². The van der Waals surface area contributed by atoms with Crippen LogP contribution in [0.5, 0.6) is 0 Å². The zero-order valence-electron chi connectivity index (χ0n) is 14.8. The Morgan fingerprint density at radius 3 is 2.60 bits per heavy atom. The molecular weight excluding hydrogens is 316 g/mol. The molecule has 0 aromatic carbocycles. The molecule has 3 heterocycles. The van der Waals surface area contributed by atoms with Gasteiger partial charge in [0.15, 0.2) is 5.82 Å². The maximum atomic E-state index is 13.0. The number of likely N-dealkylation sites (tertiary alicyclic amines) is 1. The zero-order valence-corrected chi connectivity index (χ0v) is 14.8. The summed E-state index contributed by atoms with van der Waals surface area (Å²) in [5.41, 5.74) is 0. The molecule has 0 N–H and O–H groups in total. The van der Waals surface area contributed by atoms with Crippen LogP contribution >= 0.6 is 0 Å². The number of carbonyl (C=O) groups is 1. The van der Waals surface area contributed by atoms with Crippen molar-refractivity contribution >= 4 is 5.91 Å². The Kier molecular flexibility index (Phi) is 4.59. The van der Waals surface area contributed by atoms with Gasteiger partial charge in [0.25, 0.3) is 0 Å². The van der Waals surface area contributed by atoms with Crippen LogP contribution in [-0.2, 0) is 4.79 Å². The summed E-state index contributed by atoms with van der Waals surface area (Å²) in [4.78, 5) is 19.4. The first kappa shape index (κ1) is 16.4. The highest BCUT2D eigenvalue weighted by Gasteiger charge is 2.33. The largest absolute Gasteiger partial charge is 0.351 e. The van der Waals surface area contributed by atoms with E-state index < -0.39 is 0 Å². The summed E-state index contributed by atoms with van der Waals surface area (Å²) in [5, 5.41) is 4.06. The topological polar surface area (TPSA) is 64.2 Å². The van der Waals surface area contributed by atoms with Crippen LogP contribution in [0.25, 0.3) is 0 Å². The third-order valence-corrected chi connectivity index (χ3v) is 5.74. The quantitative estimate of drug-likeness (QED) is 0.858. The SMILES string of the molecule is Cc1nc([C@@H]2CCCN(C(=O)C3CCC(n4cccc4)CC3)C2)no1. The lowest BCUT2D eigenvalue weighted by molar-refractivity contribution is -0.138. The summed E-state index contributed by atoms with van der Waals surface area (Å²) in [7, 11) is 0. The molecule has 25 heavy (non-hydrogen) atoms. The summed E-state index contributed by atoms with van der Waals surface area (Å²) in [6.07, 6.45) is 10.5. The molecule has 0 bridgehead atoms. The second kappa shape index (κ2) is 7.02. The van der Waals surface area contributed by atoms with Gasteiger partial charge >= 0.3 is 0 Å². The highest BCUT2D eigenvalue weighted by molar-refractivity contribution is 5.79. The smallest absolute Gasteiger partial charge is 0.225 e. The van der Waals surface area contributed by atoms with Crippen LogP contribution in [0.15, 0.2) is 29.0 Å². The first-order valence-corrected chi connectivity index (χ1v) is 9.42. The van der Waals surface area contributed by atoms with Gasteiger partial charge < -0.3 is 14.0 Å². The average Bonchev–Trinajstić information content (AvgIpc) is 3.33. The highest BCUT2D eigenvalue weighted by Crippen LogP contribution is 2.34. The molecule has 2 aromatic rings. The molecule has 2 aromatic heterocycles. The van der Waals surface area contributed by atoms with Gasteiger partial charge in [-0.3, -0.25) is 4.79 Å². The van der Waals surface area contributed by atoms with Crippen molar-refractivity contribution in [1.82, 2.24) is 19.6 Å². The van der Waals surface area contributed by atoms with Crippen LogP contribution in [0.1, 0.15) is 62.2 Å². The van der Waals surface area contributed by atoms with E-state index in [9.17, 15) is 4.79 Å². The number of hydrogen-bond acceptors (Lipinski definition) is 4. The Hall–Kier alpha value is -2.11. The molecule has 1 atom stereocenters. The van der Waals surface area contributed by atoms with Gasteiger partial charge in [0.2, 0.25) is 11.8 Å². The molecule has 134 valence electrons. The van der Waals surface area contributed by atoms with E-state index in [1.54, 1.807) is 0 Å². The molecule has 0 unspecified atom stereocenters. The fraction of sp³-hybridized carbons (Fsp3) is 0.632. The Bertz CT molecular complexity index is 701. The molecule has 0 radical (unpaired) electrons. The van der Waals surface area contributed by atoms with Crippen molar-refractivity contribution in [2.24, 2.45) is 5.92 Å². The Labute approximate surface area is 148 Å². The van der Waals surface area contributed by atoms with E-state index in [-0.39, 0.29) is 11.8 Å². The minimum absolute atomic E-state index is 0.178. The number of aromatic nitrogens is 3. The van der Waals surface area contributed by atoms with Gasteiger partial charge in [0.1, 0.15) is 0 Å². The Morgan fingerprint density at radius 2 is 1.92 bits per heavy atom. The molecule has 1 aliphatic carbocycles. The average molecular weight is 342 g/mol. The monoisotopic (exact) mass is 342 g/mol. The summed E-state index contributed by atoms with van der Waals surface area (Å²) in [6, 6.07) is 4.70. The fourth-order valence-electron chi connectivity index (χ4n) is 4.34. The number of hydrogen-bond donors (Lipinski definition) is 0. The van der Waals surface area contributed by atoms with Gasteiger partial charge in [-0.15, -0.1) is 0 Å². The number of nitrogens with zero attached hydrogens (tertiary/aromatic N) is 4. The molecule has 1 amide bonds. The van der Waals surface area contributed by atoms with Gasteiger partial charge in [0, 0.05) is 50.3 Å². The van der Waals surface area contributed by atoms with Crippen LogP contribution < -0.4 is 0 Å². The molecule has 4 rings (SSSR count). The number of aryl methyl sites for hydroxylation is 1. The van der Waals surface area contributed by atoms with Crippen LogP contribution in [0, 0.1) is 12.8 Å². The van der Waals surface area contributed by atoms with Crippen molar-refractivity contribution in [3.63, 3.8) is 0 Å². The van der Waals surface area contributed by atoms with E-state index in [1.165, 1.54) is 0 Å². The van der Waals surface area contributed by atoms with Crippen molar-refractivity contribution in [3.8, 4) is 0 Å². The molecule has 1 aliphatic heterocycles. The van der Waals surface area contributed by atoms with Crippen molar-refractivity contribution < 1.29 is 9.32 Å². The lowest BCUT2D eigenvalue weighted by Crippen LogP contribution is -2.43. The Balaban J connectivity index is 1.35. The number of amides is 1. The lowest BCUT2D eigenvalue weighted by atomic mass is 9.84. The standard InChI is InChI=1S/C19H26N4O2/c1-14-20-18(21-25-14)16-5-4-12-23(13-16)19(24)15-6-8-17(9-7-15)22-10-2-3-11-22/h2-3,10-11,15-17H,4-9,12-13H2,1H3/t15?,16-,17?/m1/s1. The minimum Gasteiger partial charge on any atom is -0.351 e. The number of carbonyl (C=O) groups excluding carboxylic acids is 1. The fourth-order valence-corrected chi connectivity index (χ4v) is 4.34. The van der Waals surface area contributed by atoms with E-state index in [0.29, 0.717) is 17.8 Å². The van der Waals surface area contributed by atoms with Crippen LogP contribution in [-0.4, -0.2) is 38.6 Å². The predicted octanol–water partition coefficient (Wildman–Crippen LogP) is 3.32. The maximum absolute atomic E-state index is 13.0. The summed E-state index contributed by atoms with van der Waals surface area (Å²) >= 11 is 0. The van der Waals surface area contributed by atoms with Gasteiger partial charge in [0.05, 0.1) is 0 Å². The molecular formula is C19H26N4O2. The molecule has 6 heteroatoms. The summed E-state index contributed by atoms with van der Waals surface area (Å²) < 4.78 is 7.40.